The van der Waals surface area contributed by atoms with Gasteiger partial charge in [0.2, 0.25) is 5.91 Å². The summed E-state index contributed by atoms with van der Waals surface area (Å²) in [5.74, 6) is -0.511. The fourth-order valence-corrected chi connectivity index (χ4v) is 1.75. The molecule has 0 saturated heterocycles. The van der Waals surface area contributed by atoms with Crippen LogP contribution in [0.1, 0.15) is 12.0 Å². The van der Waals surface area contributed by atoms with E-state index >= 15 is 0 Å². The van der Waals surface area contributed by atoms with E-state index in [-0.39, 0.29) is 12.3 Å². The highest BCUT2D eigenvalue weighted by Crippen LogP contribution is 2.17. The van der Waals surface area contributed by atoms with Gasteiger partial charge in [-0.25, -0.2) is 0 Å². The first-order chi connectivity index (χ1) is 8.13. The normalized spacial score (nSPS) is 9.94. The molecule has 1 amide bonds. The first kappa shape index (κ1) is 13.6. The van der Waals surface area contributed by atoms with Gasteiger partial charge in [0.15, 0.2) is 0 Å². The molecule has 0 unspecified atom stereocenters. The average molecular weight is 253 g/mol. The maximum atomic E-state index is 11.5. The fourth-order valence-electron chi connectivity index (χ4n) is 1.42. The summed E-state index contributed by atoms with van der Waals surface area (Å²) in [6.45, 7) is 0. The molecule has 0 radical (unpaired) electrons. The van der Waals surface area contributed by atoms with Crippen LogP contribution in [-0.4, -0.2) is 29.0 Å². The molecule has 0 aliphatic rings. The van der Waals surface area contributed by atoms with Crippen LogP contribution in [0.3, 0.4) is 0 Å². The van der Waals surface area contributed by atoms with Crippen molar-refractivity contribution in [2.75, 3.05) is 17.3 Å². The van der Waals surface area contributed by atoms with E-state index in [4.69, 9.17) is 5.11 Å². The quantitative estimate of drug-likeness (QED) is 0.813. The molecule has 0 bridgehead atoms. The van der Waals surface area contributed by atoms with Gasteiger partial charge in [0.05, 0.1) is 5.75 Å². The third-order valence-corrected chi connectivity index (χ3v) is 2.73. The number of carbonyl (C=O) groups is 2. The van der Waals surface area contributed by atoms with Crippen molar-refractivity contribution in [2.24, 2.45) is 0 Å². The Kier molecular flexibility index (Phi) is 5.56. The lowest BCUT2D eigenvalue weighted by Gasteiger charge is -2.09. The van der Waals surface area contributed by atoms with Gasteiger partial charge in [0, 0.05) is 12.1 Å². The molecule has 4 nitrogen and oxygen atoms in total. The summed E-state index contributed by atoms with van der Waals surface area (Å²) in [6, 6.07) is 7.27. The van der Waals surface area contributed by atoms with E-state index in [1.165, 1.54) is 11.8 Å². The fraction of sp³-hybridized carbons (Fsp3) is 0.333. The number of hydrogen-bond donors (Lipinski definition) is 2. The Bertz CT molecular complexity index is 406. The average Bonchev–Trinajstić information content (AvgIpc) is 2.28. The summed E-state index contributed by atoms with van der Waals surface area (Å²) in [6.07, 6.45) is 2.34. The number of para-hydroxylation sites is 1. The van der Waals surface area contributed by atoms with Gasteiger partial charge < -0.3 is 10.4 Å². The molecule has 2 N–H and O–H groups in total. The second-order valence-electron chi connectivity index (χ2n) is 3.53. The van der Waals surface area contributed by atoms with Crippen LogP contribution in [0.4, 0.5) is 5.69 Å². The smallest absolute Gasteiger partial charge is 0.303 e. The number of carboxylic acids is 1. The highest BCUT2D eigenvalue weighted by Gasteiger charge is 2.07. The number of nitrogens with one attached hydrogen (secondary N) is 1. The molecule has 1 rings (SSSR count). The van der Waals surface area contributed by atoms with Crippen molar-refractivity contribution in [2.45, 2.75) is 12.8 Å². The summed E-state index contributed by atoms with van der Waals surface area (Å²) in [4.78, 5) is 22.0. The van der Waals surface area contributed by atoms with Crippen LogP contribution in [0, 0.1) is 0 Å². The number of hydrogen-bond acceptors (Lipinski definition) is 3. The Morgan fingerprint density at radius 1 is 1.35 bits per heavy atom. The zero-order valence-corrected chi connectivity index (χ0v) is 10.4. The van der Waals surface area contributed by atoms with E-state index in [2.05, 4.69) is 5.32 Å². The van der Waals surface area contributed by atoms with E-state index in [0.717, 1.165) is 5.56 Å². The number of amides is 1. The van der Waals surface area contributed by atoms with Gasteiger partial charge in [-0.15, -0.1) is 0 Å². The minimum atomic E-state index is -0.838. The van der Waals surface area contributed by atoms with Crippen molar-refractivity contribution in [3.05, 3.63) is 29.8 Å². The topological polar surface area (TPSA) is 66.4 Å². The van der Waals surface area contributed by atoms with Crippen LogP contribution in [0.5, 0.6) is 0 Å². The van der Waals surface area contributed by atoms with Crippen molar-refractivity contribution < 1.29 is 14.7 Å². The minimum absolute atomic E-state index is 0.0649. The molecule has 0 spiro atoms. The second kappa shape index (κ2) is 6.96. The molecular weight excluding hydrogens is 238 g/mol. The highest BCUT2D eigenvalue weighted by molar-refractivity contribution is 7.99. The molecular formula is C12H15NO3S. The maximum absolute atomic E-state index is 11.5. The predicted molar refractivity (Wildman–Crippen MR) is 69.4 cm³/mol. The summed E-state index contributed by atoms with van der Waals surface area (Å²) in [5, 5.41) is 11.4. The third-order valence-electron chi connectivity index (χ3n) is 2.18. The Labute approximate surface area is 104 Å². The molecule has 0 aliphatic heterocycles. The van der Waals surface area contributed by atoms with Crippen LogP contribution >= 0.6 is 11.8 Å². The molecule has 0 saturated carbocycles. The number of carboxylic acid groups (broad SMARTS) is 1. The van der Waals surface area contributed by atoms with Gasteiger partial charge in [-0.05, 0) is 24.3 Å². The molecule has 0 aliphatic carbocycles. The largest absolute Gasteiger partial charge is 0.481 e. The van der Waals surface area contributed by atoms with Crippen molar-refractivity contribution in [3.8, 4) is 0 Å². The van der Waals surface area contributed by atoms with E-state index in [1.807, 2.05) is 24.5 Å². The first-order valence-electron chi connectivity index (χ1n) is 5.22. The SMILES string of the molecule is CSCC(=O)Nc1ccccc1CCC(=O)O. The number of benzene rings is 1. The van der Waals surface area contributed by atoms with E-state index in [1.54, 1.807) is 6.07 Å². The molecule has 0 atom stereocenters. The maximum Gasteiger partial charge on any atom is 0.303 e. The highest BCUT2D eigenvalue weighted by atomic mass is 32.2. The molecule has 5 heteroatoms. The van der Waals surface area contributed by atoms with Crippen molar-refractivity contribution in [3.63, 3.8) is 0 Å². The van der Waals surface area contributed by atoms with Crippen LogP contribution in [0.2, 0.25) is 0 Å². The number of aryl methyl sites for hydroxylation is 1. The standard InChI is InChI=1S/C12H15NO3S/c1-17-8-11(14)13-10-5-3-2-4-9(10)6-7-12(15)16/h2-5H,6-8H2,1H3,(H,13,14)(H,15,16). The number of anilines is 1. The van der Waals surface area contributed by atoms with Crippen molar-refractivity contribution in [1.29, 1.82) is 0 Å². The number of aliphatic carboxylic acids is 1. The Balaban J connectivity index is 2.70. The Hall–Kier alpha value is -1.49. The molecule has 17 heavy (non-hydrogen) atoms. The zero-order chi connectivity index (χ0) is 12.7. The van der Waals surface area contributed by atoms with Gasteiger partial charge in [-0.3, -0.25) is 9.59 Å². The van der Waals surface area contributed by atoms with Gasteiger partial charge in [-0.1, -0.05) is 18.2 Å². The Morgan fingerprint density at radius 2 is 2.06 bits per heavy atom. The molecule has 92 valence electrons. The van der Waals surface area contributed by atoms with Gasteiger partial charge >= 0.3 is 5.97 Å². The molecule has 0 aromatic heterocycles. The summed E-state index contributed by atoms with van der Waals surface area (Å²) >= 11 is 1.45. The molecule has 1 aromatic rings. The van der Waals surface area contributed by atoms with E-state index in [9.17, 15) is 9.59 Å². The first-order valence-corrected chi connectivity index (χ1v) is 6.61. The van der Waals surface area contributed by atoms with Crippen LogP contribution in [0.15, 0.2) is 24.3 Å². The summed E-state index contributed by atoms with van der Waals surface area (Å²) in [7, 11) is 0. The van der Waals surface area contributed by atoms with Gasteiger partial charge in [0.1, 0.15) is 0 Å². The van der Waals surface area contributed by atoms with Crippen LogP contribution in [0.25, 0.3) is 0 Å². The number of rotatable bonds is 6. The summed E-state index contributed by atoms with van der Waals surface area (Å²) < 4.78 is 0. The predicted octanol–water partition coefficient (Wildman–Crippen LogP) is 2.01. The second-order valence-corrected chi connectivity index (χ2v) is 4.40. The van der Waals surface area contributed by atoms with E-state index in [0.29, 0.717) is 17.9 Å². The molecule has 0 fully saturated rings. The Morgan fingerprint density at radius 3 is 2.71 bits per heavy atom. The van der Waals surface area contributed by atoms with Crippen LogP contribution < -0.4 is 5.32 Å². The van der Waals surface area contributed by atoms with Crippen LogP contribution in [-0.2, 0) is 16.0 Å². The lowest BCUT2D eigenvalue weighted by Crippen LogP contribution is -2.15. The van der Waals surface area contributed by atoms with Crippen molar-refractivity contribution >= 4 is 29.3 Å². The van der Waals surface area contributed by atoms with E-state index < -0.39 is 5.97 Å². The number of carbonyl (C=O) groups excluding carboxylic acids is 1. The molecule has 0 heterocycles. The zero-order valence-electron chi connectivity index (χ0n) is 9.60. The minimum Gasteiger partial charge on any atom is -0.481 e. The van der Waals surface area contributed by atoms with Gasteiger partial charge in [0.25, 0.3) is 0 Å². The lowest BCUT2D eigenvalue weighted by atomic mass is 10.1. The third kappa shape index (κ3) is 4.91. The molecule has 1 aromatic carbocycles. The lowest BCUT2D eigenvalue weighted by molar-refractivity contribution is -0.136. The van der Waals surface area contributed by atoms with Crippen molar-refractivity contribution in [1.82, 2.24) is 0 Å². The monoisotopic (exact) mass is 253 g/mol. The number of thioether (sulfide) groups is 1. The summed E-state index contributed by atoms with van der Waals surface area (Å²) in [5.41, 5.74) is 1.55. The van der Waals surface area contributed by atoms with Gasteiger partial charge in [-0.2, -0.15) is 11.8 Å².